The minimum absolute atomic E-state index is 0.501. The van der Waals surface area contributed by atoms with Crippen molar-refractivity contribution < 1.29 is 4.74 Å². The Morgan fingerprint density at radius 2 is 2.05 bits per heavy atom. The van der Waals surface area contributed by atoms with Crippen LogP contribution in [0.5, 0.6) is 0 Å². The molecule has 0 fully saturated rings. The monoisotopic (exact) mass is 323 g/mol. The number of aryl methyl sites for hydroxylation is 1. The van der Waals surface area contributed by atoms with E-state index in [9.17, 15) is 0 Å². The van der Waals surface area contributed by atoms with Crippen LogP contribution in [0, 0.1) is 0 Å². The first kappa shape index (κ1) is 16.5. The van der Waals surface area contributed by atoms with Crippen molar-refractivity contribution in [3.63, 3.8) is 0 Å². The van der Waals surface area contributed by atoms with E-state index in [4.69, 9.17) is 16.3 Å². The van der Waals surface area contributed by atoms with Crippen molar-refractivity contribution in [3.05, 3.63) is 57.2 Å². The molecule has 1 atom stereocenters. The molecule has 1 unspecified atom stereocenters. The molecule has 0 aliphatic heterocycles. The van der Waals surface area contributed by atoms with Gasteiger partial charge in [0.2, 0.25) is 0 Å². The number of methoxy groups -OCH3 is 1. The van der Waals surface area contributed by atoms with E-state index in [2.05, 4.69) is 35.0 Å². The molecule has 21 heavy (non-hydrogen) atoms. The quantitative estimate of drug-likeness (QED) is 0.692. The first-order chi connectivity index (χ1) is 10.3. The zero-order valence-corrected chi connectivity index (χ0v) is 13.9. The van der Waals surface area contributed by atoms with E-state index in [0.29, 0.717) is 5.92 Å². The highest BCUT2D eigenvalue weighted by molar-refractivity contribution is 7.09. The molecule has 0 saturated heterocycles. The van der Waals surface area contributed by atoms with Crippen molar-refractivity contribution >= 4 is 22.9 Å². The van der Waals surface area contributed by atoms with Gasteiger partial charge in [0.1, 0.15) is 0 Å². The Balaban J connectivity index is 1.93. The molecule has 2 rings (SSSR count). The van der Waals surface area contributed by atoms with Gasteiger partial charge in [0.25, 0.3) is 0 Å². The molecular formula is C17H22ClNOS. The molecule has 1 aromatic heterocycles. The summed E-state index contributed by atoms with van der Waals surface area (Å²) in [5, 5.41) is 6.41. The molecule has 2 aromatic rings. The summed E-state index contributed by atoms with van der Waals surface area (Å²) in [6, 6.07) is 12.6. The van der Waals surface area contributed by atoms with Gasteiger partial charge in [0.05, 0.1) is 6.61 Å². The fraction of sp³-hybridized carbons (Fsp3) is 0.412. The summed E-state index contributed by atoms with van der Waals surface area (Å²) in [6.07, 6.45) is 2.26. The van der Waals surface area contributed by atoms with Gasteiger partial charge in [-0.05, 0) is 47.9 Å². The molecule has 4 heteroatoms. The zero-order valence-electron chi connectivity index (χ0n) is 12.3. The van der Waals surface area contributed by atoms with E-state index in [1.807, 2.05) is 23.5 Å². The Kier molecular flexibility index (Phi) is 7.24. The van der Waals surface area contributed by atoms with Gasteiger partial charge < -0.3 is 10.1 Å². The standard InChI is InChI=1S/C17H22ClNOS/c1-20-11-10-19-13-15(6-9-17-3-2-12-21-17)14-4-7-16(18)8-5-14/h2-5,7-8,12,15,19H,6,9-11,13H2,1H3. The van der Waals surface area contributed by atoms with Crippen molar-refractivity contribution in [3.8, 4) is 0 Å². The number of halogens is 1. The summed E-state index contributed by atoms with van der Waals surface area (Å²) in [5.74, 6) is 0.501. The van der Waals surface area contributed by atoms with Gasteiger partial charge in [-0.25, -0.2) is 0 Å². The number of ether oxygens (including phenoxy) is 1. The Bertz CT molecular complexity index is 498. The van der Waals surface area contributed by atoms with E-state index in [1.54, 1.807) is 7.11 Å². The lowest BCUT2D eigenvalue weighted by molar-refractivity contribution is 0.199. The number of rotatable bonds is 9. The van der Waals surface area contributed by atoms with Gasteiger partial charge in [0, 0.05) is 30.1 Å². The van der Waals surface area contributed by atoms with Crippen LogP contribution < -0.4 is 5.32 Å². The third-order valence-corrected chi connectivity index (χ3v) is 4.72. The van der Waals surface area contributed by atoms with Gasteiger partial charge in [0.15, 0.2) is 0 Å². The molecule has 114 valence electrons. The summed E-state index contributed by atoms with van der Waals surface area (Å²) in [6.45, 7) is 2.61. The van der Waals surface area contributed by atoms with Crippen molar-refractivity contribution in [1.82, 2.24) is 5.32 Å². The Morgan fingerprint density at radius 1 is 1.24 bits per heavy atom. The second kappa shape index (κ2) is 9.21. The summed E-state index contributed by atoms with van der Waals surface area (Å²) in [5.41, 5.74) is 1.35. The van der Waals surface area contributed by atoms with Crippen molar-refractivity contribution in [1.29, 1.82) is 0 Å². The topological polar surface area (TPSA) is 21.3 Å². The lowest BCUT2D eigenvalue weighted by Gasteiger charge is -2.18. The van der Waals surface area contributed by atoms with Crippen molar-refractivity contribution in [2.75, 3.05) is 26.8 Å². The SMILES string of the molecule is COCCNCC(CCc1cccs1)c1ccc(Cl)cc1. The van der Waals surface area contributed by atoms with E-state index < -0.39 is 0 Å². The maximum absolute atomic E-state index is 5.99. The van der Waals surface area contributed by atoms with Crippen LogP contribution in [0.2, 0.25) is 5.02 Å². The molecule has 0 aliphatic carbocycles. The van der Waals surface area contributed by atoms with Gasteiger partial charge in [-0.2, -0.15) is 0 Å². The number of hydrogen-bond donors (Lipinski definition) is 1. The van der Waals surface area contributed by atoms with E-state index in [0.717, 1.165) is 37.6 Å². The molecule has 0 aliphatic rings. The molecule has 2 nitrogen and oxygen atoms in total. The number of nitrogens with one attached hydrogen (secondary N) is 1. The lowest BCUT2D eigenvalue weighted by atomic mass is 9.94. The molecule has 1 heterocycles. The number of hydrogen-bond acceptors (Lipinski definition) is 3. The van der Waals surface area contributed by atoms with Crippen LogP contribution in [0.3, 0.4) is 0 Å². The lowest BCUT2D eigenvalue weighted by Crippen LogP contribution is -2.25. The van der Waals surface area contributed by atoms with Crippen LogP contribution in [0.25, 0.3) is 0 Å². The largest absolute Gasteiger partial charge is 0.383 e. The molecule has 1 aromatic carbocycles. The molecule has 0 spiro atoms. The predicted molar refractivity (Wildman–Crippen MR) is 91.6 cm³/mol. The first-order valence-electron chi connectivity index (χ1n) is 7.27. The van der Waals surface area contributed by atoms with E-state index >= 15 is 0 Å². The fourth-order valence-electron chi connectivity index (χ4n) is 2.34. The highest BCUT2D eigenvalue weighted by Crippen LogP contribution is 2.24. The second-order valence-electron chi connectivity index (χ2n) is 5.06. The van der Waals surface area contributed by atoms with Gasteiger partial charge >= 0.3 is 0 Å². The number of benzene rings is 1. The van der Waals surface area contributed by atoms with Gasteiger partial charge in [-0.15, -0.1) is 11.3 Å². The molecule has 0 amide bonds. The van der Waals surface area contributed by atoms with E-state index in [1.165, 1.54) is 10.4 Å². The molecule has 0 bridgehead atoms. The van der Waals surface area contributed by atoms with Crippen LogP contribution >= 0.6 is 22.9 Å². The Morgan fingerprint density at radius 3 is 2.71 bits per heavy atom. The van der Waals surface area contributed by atoms with Crippen LogP contribution in [-0.4, -0.2) is 26.8 Å². The Labute approximate surface area is 136 Å². The molecular weight excluding hydrogens is 302 g/mol. The summed E-state index contributed by atoms with van der Waals surface area (Å²) in [4.78, 5) is 1.45. The minimum Gasteiger partial charge on any atom is -0.383 e. The molecule has 1 N–H and O–H groups in total. The van der Waals surface area contributed by atoms with Gasteiger partial charge in [-0.1, -0.05) is 29.8 Å². The van der Waals surface area contributed by atoms with E-state index in [-0.39, 0.29) is 0 Å². The average molecular weight is 324 g/mol. The highest BCUT2D eigenvalue weighted by Gasteiger charge is 2.12. The average Bonchev–Trinajstić information content (AvgIpc) is 3.01. The number of thiophene rings is 1. The predicted octanol–water partition coefficient (Wildman–Crippen LogP) is 4.35. The summed E-state index contributed by atoms with van der Waals surface area (Å²) in [7, 11) is 1.73. The van der Waals surface area contributed by atoms with Crippen molar-refractivity contribution in [2.45, 2.75) is 18.8 Å². The second-order valence-corrected chi connectivity index (χ2v) is 6.53. The third-order valence-electron chi connectivity index (χ3n) is 3.53. The minimum atomic E-state index is 0.501. The van der Waals surface area contributed by atoms with Crippen LogP contribution in [0.4, 0.5) is 0 Å². The molecule has 0 radical (unpaired) electrons. The van der Waals surface area contributed by atoms with Crippen LogP contribution in [0.1, 0.15) is 22.8 Å². The maximum atomic E-state index is 5.99. The van der Waals surface area contributed by atoms with Crippen LogP contribution in [0.15, 0.2) is 41.8 Å². The zero-order chi connectivity index (χ0) is 14.9. The Hall–Kier alpha value is -0.870. The summed E-state index contributed by atoms with van der Waals surface area (Å²) < 4.78 is 5.09. The summed E-state index contributed by atoms with van der Waals surface area (Å²) >= 11 is 7.82. The fourth-order valence-corrected chi connectivity index (χ4v) is 3.19. The smallest absolute Gasteiger partial charge is 0.0587 e. The first-order valence-corrected chi connectivity index (χ1v) is 8.53. The van der Waals surface area contributed by atoms with Gasteiger partial charge in [-0.3, -0.25) is 0 Å². The third kappa shape index (κ3) is 5.79. The normalized spacial score (nSPS) is 12.5. The maximum Gasteiger partial charge on any atom is 0.0587 e. The highest BCUT2D eigenvalue weighted by atomic mass is 35.5. The van der Waals surface area contributed by atoms with Crippen molar-refractivity contribution in [2.24, 2.45) is 0 Å². The molecule has 0 saturated carbocycles. The van der Waals surface area contributed by atoms with Crippen LogP contribution in [-0.2, 0) is 11.2 Å².